The molecule has 0 saturated carbocycles. The second-order valence-electron chi connectivity index (χ2n) is 3.95. The Bertz CT molecular complexity index is 581. The molecule has 1 N–H and O–H groups in total. The minimum Gasteiger partial charge on any atom is -0.455 e. The molecule has 0 unspecified atom stereocenters. The van der Waals surface area contributed by atoms with Crippen molar-refractivity contribution in [2.45, 2.75) is 13.0 Å². The highest BCUT2D eigenvalue weighted by atomic mass is 16.6. The Morgan fingerprint density at radius 3 is 2.68 bits per heavy atom. The first-order valence-electron chi connectivity index (χ1n) is 5.62. The number of hydrogen-bond donors (Lipinski definition) is 1. The van der Waals surface area contributed by atoms with Crippen LogP contribution in [-0.2, 0) is 0 Å². The van der Waals surface area contributed by atoms with E-state index in [0.29, 0.717) is 17.2 Å². The van der Waals surface area contributed by atoms with Gasteiger partial charge in [0.05, 0.1) is 29.0 Å². The van der Waals surface area contributed by atoms with Gasteiger partial charge in [0.25, 0.3) is 5.69 Å². The number of ether oxygens (including phenoxy) is 1. The van der Waals surface area contributed by atoms with Gasteiger partial charge in [-0.05, 0) is 25.1 Å². The Balaban J connectivity index is 2.16. The standard InChI is InChI=1S/C13H12N2O4/c1-9(16)13-6-5-12(8-14-13)19-11-4-2-3-10(7-11)15(17)18/h2-9,16H,1H3/t9-/m1/s1. The van der Waals surface area contributed by atoms with Crippen molar-refractivity contribution < 1.29 is 14.8 Å². The van der Waals surface area contributed by atoms with Gasteiger partial charge >= 0.3 is 0 Å². The summed E-state index contributed by atoms with van der Waals surface area (Å²) in [5.74, 6) is 0.811. The molecule has 6 heteroatoms. The van der Waals surface area contributed by atoms with Gasteiger partial charge in [-0.15, -0.1) is 0 Å². The van der Waals surface area contributed by atoms with Crippen LogP contribution in [0.25, 0.3) is 0 Å². The van der Waals surface area contributed by atoms with Crippen LogP contribution in [0, 0.1) is 10.1 Å². The van der Waals surface area contributed by atoms with E-state index in [1.807, 2.05) is 0 Å². The molecule has 6 nitrogen and oxygen atoms in total. The van der Waals surface area contributed by atoms with Crippen molar-refractivity contribution >= 4 is 5.69 Å². The molecule has 0 aliphatic rings. The summed E-state index contributed by atoms with van der Waals surface area (Å²) >= 11 is 0. The molecule has 2 rings (SSSR count). The lowest BCUT2D eigenvalue weighted by atomic mass is 10.2. The average molecular weight is 260 g/mol. The highest BCUT2D eigenvalue weighted by molar-refractivity contribution is 5.40. The summed E-state index contributed by atoms with van der Waals surface area (Å²) in [6.07, 6.45) is 0.813. The van der Waals surface area contributed by atoms with Crippen molar-refractivity contribution in [1.29, 1.82) is 0 Å². The fraction of sp³-hybridized carbons (Fsp3) is 0.154. The van der Waals surface area contributed by atoms with Gasteiger partial charge < -0.3 is 9.84 Å². The molecule has 19 heavy (non-hydrogen) atoms. The van der Waals surface area contributed by atoms with E-state index < -0.39 is 11.0 Å². The van der Waals surface area contributed by atoms with Crippen molar-refractivity contribution in [2.24, 2.45) is 0 Å². The summed E-state index contributed by atoms with van der Waals surface area (Å²) in [5, 5.41) is 20.0. The molecule has 1 heterocycles. The SMILES string of the molecule is C[C@@H](O)c1ccc(Oc2cccc([N+](=O)[O-])c2)cn1. The average Bonchev–Trinajstić information content (AvgIpc) is 2.39. The molecular formula is C13H12N2O4. The van der Waals surface area contributed by atoms with Gasteiger partial charge in [0.1, 0.15) is 11.5 Å². The molecular weight excluding hydrogens is 248 g/mol. The molecule has 2 aromatic rings. The maximum atomic E-state index is 10.6. The molecule has 0 saturated heterocycles. The number of rotatable bonds is 4. The van der Waals surface area contributed by atoms with Crippen LogP contribution in [0.3, 0.4) is 0 Å². The quantitative estimate of drug-likeness (QED) is 0.674. The Morgan fingerprint density at radius 2 is 2.11 bits per heavy atom. The number of nitro benzene ring substituents is 1. The third kappa shape index (κ3) is 3.26. The van der Waals surface area contributed by atoms with Gasteiger partial charge in [0.15, 0.2) is 0 Å². The number of pyridine rings is 1. The lowest BCUT2D eigenvalue weighted by Crippen LogP contribution is -1.95. The second kappa shape index (κ2) is 5.45. The van der Waals surface area contributed by atoms with E-state index in [-0.39, 0.29) is 5.69 Å². The minimum atomic E-state index is -0.646. The molecule has 1 atom stereocenters. The van der Waals surface area contributed by atoms with E-state index in [1.54, 1.807) is 31.2 Å². The number of aliphatic hydroxyl groups is 1. The number of nitro groups is 1. The van der Waals surface area contributed by atoms with E-state index >= 15 is 0 Å². The molecule has 98 valence electrons. The lowest BCUT2D eigenvalue weighted by Gasteiger charge is -2.07. The van der Waals surface area contributed by atoms with E-state index in [4.69, 9.17) is 4.74 Å². The van der Waals surface area contributed by atoms with Crippen LogP contribution in [-0.4, -0.2) is 15.0 Å². The first-order valence-corrected chi connectivity index (χ1v) is 5.62. The Hall–Kier alpha value is -2.47. The molecule has 0 fully saturated rings. The van der Waals surface area contributed by atoms with Gasteiger partial charge in [-0.3, -0.25) is 15.1 Å². The Labute approximate surface area is 109 Å². The van der Waals surface area contributed by atoms with E-state index in [9.17, 15) is 15.2 Å². The number of benzene rings is 1. The predicted octanol–water partition coefficient (Wildman–Crippen LogP) is 2.84. The zero-order chi connectivity index (χ0) is 13.8. The van der Waals surface area contributed by atoms with Crippen LogP contribution >= 0.6 is 0 Å². The molecule has 0 spiro atoms. The molecule has 0 bridgehead atoms. The summed E-state index contributed by atoms with van der Waals surface area (Å²) in [4.78, 5) is 14.2. The zero-order valence-corrected chi connectivity index (χ0v) is 10.2. The van der Waals surface area contributed by atoms with Gasteiger partial charge in [0.2, 0.25) is 0 Å². The topological polar surface area (TPSA) is 85.5 Å². The number of aliphatic hydroxyl groups excluding tert-OH is 1. The summed E-state index contributed by atoms with van der Waals surface area (Å²) in [7, 11) is 0. The summed E-state index contributed by atoms with van der Waals surface area (Å²) < 4.78 is 5.46. The smallest absolute Gasteiger partial charge is 0.273 e. The monoisotopic (exact) mass is 260 g/mol. The van der Waals surface area contributed by atoms with E-state index in [0.717, 1.165) is 0 Å². The number of nitrogens with zero attached hydrogens (tertiary/aromatic N) is 2. The number of hydrogen-bond acceptors (Lipinski definition) is 5. The molecule has 0 aliphatic heterocycles. The van der Waals surface area contributed by atoms with Gasteiger partial charge in [0, 0.05) is 6.07 Å². The first kappa shape index (κ1) is 13.0. The predicted molar refractivity (Wildman–Crippen MR) is 68.0 cm³/mol. The van der Waals surface area contributed by atoms with Crippen LogP contribution in [0.5, 0.6) is 11.5 Å². The van der Waals surface area contributed by atoms with Crippen molar-refractivity contribution in [3.05, 3.63) is 58.4 Å². The van der Waals surface area contributed by atoms with Crippen molar-refractivity contribution in [3.63, 3.8) is 0 Å². The molecule has 0 radical (unpaired) electrons. The van der Waals surface area contributed by atoms with Crippen molar-refractivity contribution in [3.8, 4) is 11.5 Å². The van der Waals surface area contributed by atoms with E-state index in [2.05, 4.69) is 4.98 Å². The molecule has 1 aromatic heterocycles. The fourth-order valence-corrected chi connectivity index (χ4v) is 1.50. The van der Waals surface area contributed by atoms with Gasteiger partial charge in [-0.1, -0.05) is 6.07 Å². The van der Waals surface area contributed by atoms with Gasteiger partial charge in [-0.25, -0.2) is 0 Å². The van der Waals surface area contributed by atoms with Crippen molar-refractivity contribution in [1.82, 2.24) is 4.98 Å². The summed E-state index contributed by atoms with van der Waals surface area (Å²) in [5.41, 5.74) is 0.498. The zero-order valence-electron chi connectivity index (χ0n) is 10.2. The summed E-state index contributed by atoms with van der Waals surface area (Å²) in [6.45, 7) is 1.61. The normalized spacial score (nSPS) is 11.9. The van der Waals surface area contributed by atoms with E-state index in [1.165, 1.54) is 18.3 Å². The third-order valence-electron chi connectivity index (χ3n) is 2.45. The highest BCUT2D eigenvalue weighted by Gasteiger charge is 2.08. The van der Waals surface area contributed by atoms with Crippen LogP contribution in [0.1, 0.15) is 18.7 Å². The Morgan fingerprint density at radius 1 is 1.32 bits per heavy atom. The fourth-order valence-electron chi connectivity index (χ4n) is 1.50. The largest absolute Gasteiger partial charge is 0.455 e. The molecule has 1 aromatic carbocycles. The second-order valence-corrected chi connectivity index (χ2v) is 3.95. The number of non-ortho nitro benzene ring substituents is 1. The minimum absolute atomic E-state index is 0.0361. The summed E-state index contributed by atoms with van der Waals surface area (Å²) in [6, 6.07) is 9.18. The maximum Gasteiger partial charge on any atom is 0.273 e. The van der Waals surface area contributed by atoms with Crippen LogP contribution in [0.4, 0.5) is 5.69 Å². The van der Waals surface area contributed by atoms with Crippen LogP contribution in [0.2, 0.25) is 0 Å². The molecule has 0 aliphatic carbocycles. The molecule has 0 amide bonds. The van der Waals surface area contributed by atoms with Crippen LogP contribution < -0.4 is 4.74 Å². The van der Waals surface area contributed by atoms with Crippen LogP contribution in [0.15, 0.2) is 42.6 Å². The first-order chi connectivity index (χ1) is 9.06. The maximum absolute atomic E-state index is 10.6. The lowest BCUT2D eigenvalue weighted by molar-refractivity contribution is -0.384. The van der Waals surface area contributed by atoms with Crippen molar-refractivity contribution in [2.75, 3.05) is 0 Å². The number of aromatic nitrogens is 1. The highest BCUT2D eigenvalue weighted by Crippen LogP contribution is 2.25. The van der Waals surface area contributed by atoms with Gasteiger partial charge in [-0.2, -0.15) is 0 Å². The Kier molecular flexibility index (Phi) is 3.72. The third-order valence-corrected chi connectivity index (χ3v) is 2.45.